The predicted molar refractivity (Wildman–Crippen MR) is 108 cm³/mol. The standard InChI is InChI=1S/C18H27ClN4O2.ClH/c1-3-13(2)17(20)18(25)21-12-16(24)23-10-8-22(9-11-23)15-6-4-14(19)5-7-15;/h4-7,13,17H,3,8-12,20H2,1-2H3,(H,21,25);1H. The number of rotatable bonds is 6. The number of anilines is 1. The van der Waals surface area contributed by atoms with Gasteiger partial charge in [-0.1, -0.05) is 31.9 Å². The van der Waals surface area contributed by atoms with Gasteiger partial charge in [-0.15, -0.1) is 12.4 Å². The van der Waals surface area contributed by atoms with Crippen LogP contribution in [0.5, 0.6) is 0 Å². The second-order valence-electron chi connectivity index (χ2n) is 6.47. The molecule has 1 aromatic rings. The number of nitrogens with two attached hydrogens (primary N) is 1. The van der Waals surface area contributed by atoms with E-state index >= 15 is 0 Å². The quantitative estimate of drug-likeness (QED) is 0.761. The minimum atomic E-state index is -0.570. The summed E-state index contributed by atoms with van der Waals surface area (Å²) in [7, 11) is 0. The number of nitrogens with zero attached hydrogens (tertiary/aromatic N) is 2. The number of halogens is 2. The second-order valence-corrected chi connectivity index (χ2v) is 6.91. The minimum absolute atomic E-state index is 0. The number of hydrogen-bond donors (Lipinski definition) is 2. The number of nitrogens with one attached hydrogen (secondary N) is 1. The summed E-state index contributed by atoms with van der Waals surface area (Å²) in [6.45, 7) is 6.71. The van der Waals surface area contributed by atoms with Gasteiger partial charge >= 0.3 is 0 Å². The summed E-state index contributed by atoms with van der Waals surface area (Å²) < 4.78 is 0. The first-order valence-corrected chi connectivity index (χ1v) is 9.11. The fourth-order valence-corrected chi connectivity index (χ4v) is 2.90. The Balaban J connectivity index is 0.00000338. The molecular formula is C18H28Cl2N4O2. The van der Waals surface area contributed by atoms with E-state index in [9.17, 15) is 9.59 Å². The molecule has 1 aliphatic heterocycles. The molecule has 2 atom stereocenters. The maximum Gasteiger partial charge on any atom is 0.242 e. The molecule has 0 bridgehead atoms. The molecule has 1 aromatic carbocycles. The molecule has 1 aliphatic rings. The van der Waals surface area contributed by atoms with Gasteiger partial charge in [-0.2, -0.15) is 0 Å². The Kier molecular flexibility index (Phi) is 9.19. The molecule has 0 aliphatic carbocycles. The van der Waals surface area contributed by atoms with E-state index in [1.165, 1.54) is 0 Å². The zero-order valence-electron chi connectivity index (χ0n) is 15.3. The predicted octanol–water partition coefficient (Wildman–Crippen LogP) is 1.90. The van der Waals surface area contributed by atoms with E-state index < -0.39 is 6.04 Å². The molecule has 1 heterocycles. The number of carbonyl (C=O) groups is 2. The summed E-state index contributed by atoms with van der Waals surface area (Å²) in [6.07, 6.45) is 0.829. The molecule has 2 unspecified atom stereocenters. The first kappa shape index (κ1) is 22.5. The van der Waals surface area contributed by atoms with Crippen molar-refractivity contribution in [2.75, 3.05) is 37.6 Å². The third-order valence-corrected chi connectivity index (χ3v) is 5.05. The molecule has 0 saturated carbocycles. The third kappa shape index (κ3) is 6.04. The highest BCUT2D eigenvalue weighted by molar-refractivity contribution is 6.30. The van der Waals surface area contributed by atoms with Crippen LogP contribution in [0.25, 0.3) is 0 Å². The van der Waals surface area contributed by atoms with Gasteiger partial charge in [0.05, 0.1) is 12.6 Å². The van der Waals surface area contributed by atoms with Crippen LogP contribution in [0.4, 0.5) is 5.69 Å². The molecule has 0 aromatic heterocycles. The van der Waals surface area contributed by atoms with Crippen molar-refractivity contribution in [3.63, 3.8) is 0 Å². The largest absolute Gasteiger partial charge is 0.368 e. The molecule has 146 valence electrons. The number of benzene rings is 1. The summed E-state index contributed by atoms with van der Waals surface area (Å²) in [4.78, 5) is 28.3. The van der Waals surface area contributed by atoms with Crippen LogP contribution >= 0.6 is 24.0 Å². The van der Waals surface area contributed by atoms with Gasteiger partial charge in [0.15, 0.2) is 0 Å². The maximum atomic E-state index is 12.3. The van der Waals surface area contributed by atoms with Crippen molar-refractivity contribution in [3.05, 3.63) is 29.3 Å². The van der Waals surface area contributed by atoms with Crippen LogP contribution in [0.3, 0.4) is 0 Å². The second kappa shape index (κ2) is 10.6. The summed E-state index contributed by atoms with van der Waals surface area (Å²) in [6, 6.07) is 7.13. The van der Waals surface area contributed by atoms with Gasteiger partial charge in [0, 0.05) is 36.9 Å². The van der Waals surface area contributed by atoms with E-state index in [1.54, 1.807) is 4.90 Å². The molecule has 0 spiro atoms. The molecule has 8 heteroatoms. The molecule has 2 amide bonds. The van der Waals surface area contributed by atoms with Gasteiger partial charge in [0.25, 0.3) is 0 Å². The maximum absolute atomic E-state index is 12.3. The number of carbonyl (C=O) groups excluding carboxylic acids is 2. The Hall–Kier alpha value is -1.50. The first-order valence-electron chi connectivity index (χ1n) is 8.74. The Labute approximate surface area is 166 Å². The Morgan fingerprint density at radius 2 is 1.77 bits per heavy atom. The summed E-state index contributed by atoms with van der Waals surface area (Å²) in [5, 5.41) is 3.37. The Morgan fingerprint density at radius 3 is 2.31 bits per heavy atom. The van der Waals surface area contributed by atoms with Gasteiger partial charge in [0.1, 0.15) is 0 Å². The van der Waals surface area contributed by atoms with E-state index in [1.807, 2.05) is 38.1 Å². The number of amides is 2. The highest BCUT2D eigenvalue weighted by Gasteiger charge is 2.23. The summed E-state index contributed by atoms with van der Waals surface area (Å²) in [5.41, 5.74) is 6.98. The zero-order chi connectivity index (χ0) is 18.4. The summed E-state index contributed by atoms with van der Waals surface area (Å²) >= 11 is 5.91. The molecule has 1 fully saturated rings. The Morgan fingerprint density at radius 1 is 1.19 bits per heavy atom. The fourth-order valence-electron chi connectivity index (χ4n) is 2.77. The minimum Gasteiger partial charge on any atom is -0.368 e. The molecule has 1 saturated heterocycles. The SMILES string of the molecule is CCC(C)C(N)C(=O)NCC(=O)N1CCN(c2ccc(Cl)cc2)CC1.Cl. The lowest BCUT2D eigenvalue weighted by Crippen LogP contribution is -2.53. The van der Waals surface area contributed by atoms with Crippen LogP contribution in [0, 0.1) is 5.92 Å². The van der Waals surface area contributed by atoms with Crippen LogP contribution in [-0.4, -0.2) is 55.5 Å². The first-order chi connectivity index (χ1) is 11.9. The lowest BCUT2D eigenvalue weighted by molar-refractivity contribution is -0.133. The number of piperazine rings is 1. The van der Waals surface area contributed by atoms with Crippen molar-refractivity contribution in [2.45, 2.75) is 26.3 Å². The average Bonchev–Trinajstić information content (AvgIpc) is 2.65. The number of hydrogen-bond acceptors (Lipinski definition) is 4. The highest BCUT2D eigenvalue weighted by Crippen LogP contribution is 2.19. The van der Waals surface area contributed by atoms with Crippen molar-refractivity contribution in [1.82, 2.24) is 10.2 Å². The van der Waals surface area contributed by atoms with Gasteiger partial charge in [0.2, 0.25) is 11.8 Å². The lowest BCUT2D eigenvalue weighted by atomic mass is 9.99. The fraction of sp³-hybridized carbons (Fsp3) is 0.556. The Bertz CT molecular complexity index is 589. The van der Waals surface area contributed by atoms with Crippen molar-refractivity contribution in [3.8, 4) is 0 Å². The van der Waals surface area contributed by atoms with Crippen LogP contribution in [0.2, 0.25) is 5.02 Å². The topological polar surface area (TPSA) is 78.7 Å². The van der Waals surface area contributed by atoms with Gasteiger partial charge in [-0.3, -0.25) is 9.59 Å². The van der Waals surface area contributed by atoms with Crippen molar-refractivity contribution in [1.29, 1.82) is 0 Å². The van der Waals surface area contributed by atoms with E-state index in [2.05, 4.69) is 10.2 Å². The van der Waals surface area contributed by atoms with Gasteiger partial charge in [-0.25, -0.2) is 0 Å². The molecule has 2 rings (SSSR count). The highest BCUT2D eigenvalue weighted by atomic mass is 35.5. The lowest BCUT2D eigenvalue weighted by Gasteiger charge is -2.36. The zero-order valence-corrected chi connectivity index (χ0v) is 16.9. The van der Waals surface area contributed by atoms with Crippen LogP contribution in [0.1, 0.15) is 20.3 Å². The van der Waals surface area contributed by atoms with Crippen LogP contribution in [0.15, 0.2) is 24.3 Å². The molecular weight excluding hydrogens is 375 g/mol. The van der Waals surface area contributed by atoms with Gasteiger partial charge < -0.3 is 20.9 Å². The van der Waals surface area contributed by atoms with E-state index in [-0.39, 0.29) is 36.7 Å². The smallest absolute Gasteiger partial charge is 0.242 e. The van der Waals surface area contributed by atoms with E-state index in [0.29, 0.717) is 18.1 Å². The van der Waals surface area contributed by atoms with Crippen molar-refractivity contribution >= 4 is 41.5 Å². The van der Waals surface area contributed by atoms with Crippen LogP contribution in [-0.2, 0) is 9.59 Å². The molecule has 3 N–H and O–H groups in total. The normalized spacial score (nSPS) is 16.5. The molecule has 6 nitrogen and oxygen atoms in total. The monoisotopic (exact) mass is 402 g/mol. The van der Waals surface area contributed by atoms with Gasteiger partial charge in [-0.05, 0) is 30.2 Å². The molecule has 0 radical (unpaired) electrons. The summed E-state index contributed by atoms with van der Waals surface area (Å²) in [5.74, 6) is -0.235. The average molecular weight is 403 g/mol. The molecule has 26 heavy (non-hydrogen) atoms. The van der Waals surface area contributed by atoms with Crippen molar-refractivity contribution < 1.29 is 9.59 Å². The van der Waals surface area contributed by atoms with Crippen LogP contribution < -0.4 is 16.0 Å². The third-order valence-electron chi connectivity index (χ3n) is 4.80. The van der Waals surface area contributed by atoms with E-state index in [0.717, 1.165) is 25.2 Å². The van der Waals surface area contributed by atoms with Crippen molar-refractivity contribution in [2.24, 2.45) is 11.7 Å². The van der Waals surface area contributed by atoms with E-state index in [4.69, 9.17) is 17.3 Å².